The van der Waals surface area contributed by atoms with E-state index in [4.69, 9.17) is 0 Å². The number of sulfonamides is 1. The van der Waals surface area contributed by atoms with E-state index in [2.05, 4.69) is 5.32 Å². The maximum atomic E-state index is 12.5. The highest BCUT2D eigenvalue weighted by molar-refractivity contribution is 7.90. The smallest absolute Gasteiger partial charge is 0.326 e. The second kappa shape index (κ2) is 7.30. The molecular weight excluding hydrogens is 372 g/mol. The molecule has 1 atom stereocenters. The van der Waals surface area contributed by atoms with E-state index in [0.29, 0.717) is 6.42 Å². The van der Waals surface area contributed by atoms with Crippen molar-refractivity contribution < 1.29 is 27.9 Å². The van der Waals surface area contributed by atoms with Gasteiger partial charge in [-0.1, -0.05) is 20.8 Å². The Balaban J connectivity index is 2.26. The zero-order valence-electron chi connectivity index (χ0n) is 15.8. The topological polar surface area (TPSA) is 121 Å². The standard InChI is InChI=1S/C18H24N2O6S/c1-5-20-16(22)12-7-6-11(10-14(12)27(20,25)26)15(21)19-13(17(23)24)8-9-18(2,3)4/h6-7,10,13H,5,8-9H2,1-4H3,(H,19,21)(H,23,24). The Hall–Kier alpha value is -2.42. The van der Waals surface area contributed by atoms with Gasteiger partial charge in [0.2, 0.25) is 0 Å². The van der Waals surface area contributed by atoms with Crippen molar-refractivity contribution in [2.24, 2.45) is 5.41 Å². The largest absolute Gasteiger partial charge is 0.480 e. The molecule has 0 saturated carbocycles. The average molecular weight is 396 g/mol. The first-order valence-corrected chi connectivity index (χ1v) is 10.1. The first-order valence-electron chi connectivity index (χ1n) is 8.63. The summed E-state index contributed by atoms with van der Waals surface area (Å²) in [5.74, 6) is -2.49. The molecule has 2 N–H and O–H groups in total. The molecule has 0 saturated heterocycles. The van der Waals surface area contributed by atoms with Crippen LogP contribution < -0.4 is 5.32 Å². The number of hydrogen-bond donors (Lipinski definition) is 2. The third kappa shape index (κ3) is 4.29. The highest BCUT2D eigenvalue weighted by Gasteiger charge is 2.40. The van der Waals surface area contributed by atoms with Gasteiger partial charge >= 0.3 is 5.97 Å². The average Bonchev–Trinajstić information content (AvgIpc) is 2.75. The molecule has 2 rings (SSSR count). The first-order chi connectivity index (χ1) is 12.4. The van der Waals surface area contributed by atoms with E-state index in [0.717, 1.165) is 10.4 Å². The fourth-order valence-electron chi connectivity index (χ4n) is 2.81. The first kappa shape index (κ1) is 20.9. The number of carboxylic acid groups (broad SMARTS) is 1. The lowest BCUT2D eigenvalue weighted by atomic mass is 9.88. The normalized spacial score (nSPS) is 16.7. The molecule has 0 bridgehead atoms. The minimum absolute atomic E-state index is 0.00866. The zero-order chi connectivity index (χ0) is 20.6. The summed E-state index contributed by atoms with van der Waals surface area (Å²) < 4.78 is 25.6. The van der Waals surface area contributed by atoms with E-state index < -0.39 is 33.8 Å². The SMILES string of the molecule is CCN1C(=O)c2ccc(C(=O)NC(CCC(C)(C)C)C(=O)O)cc2S1(=O)=O. The zero-order valence-corrected chi connectivity index (χ0v) is 16.6. The van der Waals surface area contributed by atoms with Crippen LogP contribution in [0.15, 0.2) is 23.1 Å². The second-order valence-corrected chi connectivity index (χ2v) is 9.48. The molecule has 8 nitrogen and oxygen atoms in total. The second-order valence-electron chi connectivity index (χ2n) is 7.65. The molecule has 1 unspecified atom stereocenters. The van der Waals surface area contributed by atoms with Crippen molar-refractivity contribution in [1.82, 2.24) is 9.62 Å². The minimum atomic E-state index is -3.99. The number of carbonyl (C=O) groups excluding carboxylic acids is 2. The quantitative estimate of drug-likeness (QED) is 0.757. The molecule has 1 aromatic rings. The molecule has 0 fully saturated rings. The molecule has 1 aliphatic rings. The van der Waals surface area contributed by atoms with Crippen molar-refractivity contribution in [2.45, 2.75) is 51.5 Å². The van der Waals surface area contributed by atoms with Crippen LogP contribution in [0.3, 0.4) is 0 Å². The summed E-state index contributed by atoms with van der Waals surface area (Å²) in [6.07, 6.45) is 0.832. The van der Waals surface area contributed by atoms with Crippen LogP contribution in [-0.4, -0.2) is 48.2 Å². The molecule has 9 heteroatoms. The van der Waals surface area contributed by atoms with E-state index in [9.17, 15) is 27.9 Å². The van der Waals surface area contributed by atoms with Gasteiger partial charge in [-0.25, -0.2) is 17.5 Å². The number of nitrogens with one attached hydrogen (secondary N) is 1. The molecule has 0 spiro atoms. The van der Waals surface area contributed by atoms with Crippen LogP contribution in [0.1, 0.15) is 61.3 Å². The minimum Gasteiger partial charge on any atom is -0.480 e. The molecule has 27 heavy (non-hydrogen) atoms. The fraction of sp³-hybridized carbons (Fsp3) is 0.500. The maximum Gasteiger partial charge on any atom is 0.326 e. The van der Waals surface area contributed by atoms with Crippen LogP contribution in [0.4, 0.5) is 0 Å². The van der Waals surface area contributed by atoms with Gasteiger partial charge in [0, 0.05) is 12.1 Å². The number of carboxylic acids is 1. The van der Waals surface area contributed by atoms with Crippen molar-refractivity contribution >= 4 is 27.8 Å². The van der Waals surface area contributed by atoms with Crippen molar-refractivity contribution in [3.63, 3.8) is 0 Å². The summed E-state index contributed by atoms with van der Waals surface area (Å²) in [6.45, 7) is 7.44. The monoisotopic (exact) mass is 396 g/mol. The molecule has 0 aromatic heterocycles. The molecule has 1 aromatic carbocycles. The number of nitrogens with zero attached hydrogens (tertiary/aromatic N) is 1. The predicted octanol–water partition coefficient (Wildman–Crippen LogP) is 1.86. The predicted molar refractivity (Wildman–Crippen MR) is 97.9 cm³/mol. The van der Waals surface area contributed by atoms with Crippen LogP contribution in [0.2, 0.25) is 0 Å². The lowest BCUT2D eigenvalue weighted by Gasteiger charge is -2.21. The summed E-state index contributed by atoms with van der Waals surface area (Å²) in [4.78, 5) is 35.8. The van der Waals surface area contributed by atoms with Crippen LogP contribution in [-0.2, 0) is 14.8 Å². The van der Waals surface area contributed by atoms with Crippen molar-refractivity contribution in [3.8, 4) is 0 Å². The molecule has 2 amide bonds. The van der Waals surface area contributed by atoms with E-state index >= 15 is 0 Å². The Bertz CT molecular complexity index is 886. The molecule has 0 aliphatic carbocycles. The van der Waals surface area contributed by atoms with Gasteiger partial charge in [0.05, 0.1) is 5.56 Å². The van der Waals surface area contributed by atoms with E-state index in [1.165, 1.54) is 12.1 Å². The van der Waals surface area contributed by atoms with Crippen LogP contribution in [0, 0.1) is 5.41 Å². The van der Waals surface area contributed by atoms with E-state index in [1.807, 2.05) is 20.8 Å². The number of rotatable bonds is 6. The van der Waals surface area contributed by atoms with Gasteiger partial charge in [-0.15, -0.1) is 0 Å². The lowest BCUT2D eigenvalue weighted by molar-refractivity contribution is -0.139. The third-order valence-corrected chi connectivity index (χ3v) is 6.24. The van der Waals surface area contributed by atoms with Crippen molar-refractivity contribution in [2.75, 3.05) is 6.54 Å². The highest BCUT2D eigenvalue weighted by atomic mass is 32.2. The molecule has 1 heterocycles. The number of benzene rings is 1. The molecule has 0 radical (unpaired) electrons. The Kier molecular flexibility index (Phi) is 5.65. The van der Waals surface area contributed by atoms with Gasteiger partial charge in [-0.3, -0.25) is 9.59 Å². The fourth-order valence-corrected chi connectivity index (χ4v) is 4.41. The van der Waals surface area contributed by atoms with E-state index in [1.54, 1.807) is 6.92 Å². The Morgan fingerprint density at radius 2 is 1.89 bits per heavy atom. The number of hydrogen-bond acceptors (Lipinski definition) is 5. The van der Waals surface area contributed by atoms with Gasteiger partial charge < -0.3 is 10.4 Å². The summed E-state index contributed by atoms with van der Waals surface area (Å²) in [7, 11) is -3.99. The molecule has 1 aliphatic heterocycles. The van der Waals surface area contributed by atoms with Crippen molar-refractivity contribution in [3.05, 3.63) is 29.3 Å². The molecule has 148 valence electrons. The number of aliphatic carboxylic acids is 1. The third-order valence-electron chi connectivity index (χ3n) is 4.34. The number of carbonyl (C=O) groups is 3. The summed E-state index contributed by atoms with van der Waals surface area (Å²) in [6, 6.07) is 2.64. The Morgan fingerprint density at radius 3 is 2.41 bits per heavy atom. The summed E-state index contributed by atoms with van der Waals surface area (Å²) in [5, 5.41) is 11.8. The Morgan fingerprint density at radius 1 is 1.26 bits per heavy atom. The summed E-state index contributed by atoms with van der Waals surface area (Å²) >= 11 is 0. The van der Waals surface area contributed by atoms with Crippen LogP contribution >= 0.6 is 0 Å². The lowest BCUT2D eigenvalue weighted by Crippen LogP contribution is -2.41. The van der Waals surface area contributed by atoms with Gasteiger partial charge in [0.15, 0.2) is 0 Å². The van der Waals surface area contributed by atoms with Crippen LogP contribution in [0.25, 0.3) is 0 Å². The summed E-state index contributed by atoms with van der Waals surface area (Å²) in [5.41, 5.74) is -0.0923. The van der Waals surface area contributed by atoms with E-state index in [-0.39, 0.29) is 34.4 Å². The van der Waals surface area contributed by atoms with Gasteiger partial charge in [-0.05, 0) is 43.4 Å². The van der Waals surface area contributed by atoms with Crippen LogP contribution in [0.5, 0.6) is 0 Å². The number of fused-ring (bicyclic) bond motifs is 1. The highest BCUT2D eigenvalue weighted by Crippen LogP contribution is 2.30. The van der Waals surface area contributed by atoms with Gasteiger partial charge in [0.25, 0.3) is 21.8 Å². The number of amides is 2. The van der Waals surface area contributed by atoms with Crippen molar-refractivity contribution in [1.29, 1.82) is 0 Å². The Labute approximate surface area is 158 Å². The van der Waals surface area contributed by atoms with Gasteiger partial charge in [-0.2, -0.15) is 0 Å². The maximum absolute atomic E-state index is 12.5. The van der Waals surface area contributed by atoms with Gasteiger partial charge in [0.1, 0.15) is 10.9 Å². The molecular formula is C18H24N2O6S.